The maximum atomic E-state index is 12.4. The highest BCUT2D eigenvalue weighted by Crippen LogP contribution is 2.17. The van der Waals surface area contributed by atoms with Crippen LogP contribution in [-0.2, 0) is 0 Å². The van der Waals surface area contributed by atoms with Gasteiger partial charge in [0.05, 0.1) is 12.1 Å². The molecule has 21 heavy (non-hydrogen) atoms. The van der Waals surface area contributed by atoms with Crippen molar-refractivity contribution < 1.29 is 4.79 Å². The molecule has 0 aliphatic heterocycles. The second-order valence-corrected chi connectivity index (χ2v) is 4.96. The number of aryl methyl sites for hydroxylation is 1. The summed E-state index contributed by atoms with van der Waals surface area (Å²) in [6.07, 6.45) is 0. The lowest BCUT2D eigenvalue weighted by Crippen LogP contribution is -2.14. The van der Waals surface area contributed by atoms with Crippen LogP contribution in [0.3, 0.4) is 0 Å². The molecule has 0 heterocycles. The molecule has 0 saturated heterocycles. The fraction of sp³-hybridized carbons (Fsp3) is 0.118. The van der Waals surface area contributed by atoms with Gasteiger partial charge in [0.2, 0.25) is 0 Å². The van der Waals surface area contributed by atoms with Gasteiger partial charge < -0.3 is 11.1 Å². The van der Waals surface area contributed by atoms with Gasteiger partial charge in [-0.3, -0.25) is 4.79 Å². The third-order valence-electron chi connectivity index (χ3n) is 2.83. The van der Waals surface area contributed by atoms with Crippen LogP contribution < -0.4 is 11.1 Å². The van der Waals surface area contributed by atoms with Crippen molar-refractivity contribution in [1.82, 2.24) is 0 Å². The van der Waals surface area contributed by atoms with Gasteiger partial charge in [-0.15, -0.1) is 0 Å². The van der Waals surface area contributed by atoms with Gasteiger partial charge in [0.1, 0.15) is 0 Å². The van der Waals surface area contributed by atoms with Crippen LogP contribution in [0.25, 0.3) is 0 Å². The zero-order valence-corrected chi connectivity index (χ0v) is 12.4. The predicted octanol–water partition coefficient (Wildman–Crippen LogP) is 3.21. The van der Waals surface area contributed by atoms with Gasteiger partial charge in [0, 0.05) is 16.3 Å². The van der Waals surface area contributed by atoms with E-state index in [1.54, 1.807) is 30.3 Å². The smallest absolute Gasteiger partial charge is 0.256 e. The fourth-order valence-corrected chi connectivity index (χ4v) is 2.06. The molecule has 0 spiro atoms. The number of nitrogens with one attached hydrogen (secondary N) is 1. The molecule has 0 fully saturated rings. The van der Waals surface area contributed by atoms with Crippen molar-refractivity contribution in [3.05, 3.63) is 64.2 Å². The van der Waals surface area contributed by atoms with E-state index in [2.05, 4.69) is 17.2 Å². The van der Waals surface area contributed by atoms with E-state index in [1.165, 1.54) is 0 Å². The number of nitrogens with two attached hydrogens (primary N) is 1. The van der Waals surface area contributed by atoms with Gasteiger partial charge in [-0.25, -0.2) is 0 Å². The lowest BCUT2D eigenvalue weighted by atomic mass is 10.0. The van der Waals surface area contributed by atoms with Crippen LogP contribution in [0.5, 0.6) is 0 Å². The Morgan fingerprint density at radius 1 is 1.29 bits per heavy atom. The summed E-state index contributed by atoms with van der Waals surface area (Å²) in [7, 11) is 0. The quantitative estimate of drug-likeness (QED) is 0.837. The topological polar surface area (TPSA) is 55.1 Å². The molecule has 0 aromatic heterocycles. The summed E-state index contributed by atoms with van der Waals surface area (Å²) in [5.41, 5.74) is 8.20. The Kier molecular flexibility index (Phi) is 4.99. The van der Waals surface area contributed by atoms with Gasteiger partial charge in [-0.05, 0) is 37.3 Å². The Bertz CT molecular complexity index is 729. The Morgan fingerprint density at radius 3 is 2.81 bits per heavy atom. The molecule has 3 nitrogen and oxygen atoms in total. The number of carbonyl (C=O) groups is 1. The first-order valence-corrected chi connectivity index (χ1v) is 6.84. The third kappa shape index (κ3) is 4.09. The van der Waals surface area contributed by atoms with Gasteiger partial charge in [0.25, 0.3) is 5.91 Å². The molecule has 4 heteroatoms. The monoisotopic (exact) mass is 298 g/mol. The van der Waals surface area contributed by atoms with Crippen LogP contribution in [-0.4, -0.2) is 12.5 Å². The number of benzene rings is 2. The van der Waals surface area contributed by atoms with Crippen molar-refractivity contribution in [3.8, 4) is 11.8 Å². The maximum Gasteiger partial charge on any atom is 0.256 e. The molecule has 3 N–H and O–H groups in total. The number of amides is 1. The zero-order chi connectivity index (χ0) is 15.2. The highest BCUT2D eigenvalue weighted by Gasteiger charge is 2.11. The van der Waals surface area contributed by atoms with Crippen LogP contribution in [0.4, 0.5) is 5.69 Å². The van der Waals surface area contributed by atoms with Gasteiger partial charge >= 0.3 is 0 Å². The number of halogens is 1. The summed E-state index contributed by atoms with van der Waals surface area (Å²) in [5, 5.41) is 3.39. The molecule has 0 aliphatic carbocycles. The molecule has 0 atom stereocenters. The molecular formula is C17H15ClN2O. The van der Waals surface area contributed by atoms with E-state index in [9.17, 15) is 4.79 Å². The second kappa shape index (κ2) is 6.94. The molecular weight excluding hydrogens is 284 g/mol. The SMILES string of the molecule is Cc1ccc(C#CCN)c(C(=O)Nc2cccc(Cl)c2)c1. The van der Waals surface area contributed by atoms with Gasteiger partial charge in [0.15, 0.2) is 0 Å². The number of hydrogen-bond acceptors (Lipinski definition) is 2. The lowest BCUT2D eigenvalue weighted by molar-refractivity contribution is 0.102. The first-order chi connectivity index (χ1) is 10.1. The summed E-state index contributed by atoms with van der Waals surface area (Å²) in [5.74, 6) is 5.47. The second-order valence-electron chi connectivity index (χ2n) is 4.52. The molecule has 1 amide bonds. The molecule has 0 radical (unpaired) electrons. The van der Waals surface area contributed by atoms with E-state index in [4.69, 9.17) is 17.3 Å². The molecule has 0 saturated carbocycles. The summed E-state index contributed by atoms with van der Waals surface area (Å²) >= 11 is 5.91. The van der Waals surface area contributed by atoms with Crippen molar-refractivity contribution in [2.75, 3.05) is 11.9 Å². The Balaban J connectivity index is 2.32. The molecule has 0 aliphatic rings. The highest BCUT2D eigenvalue weighted by molar-refractivity contribution is 6.31. The van der Waals surface area contributed by atoms with Crippen molar-refractivity contribution in [2.45, 2.75) is 6.92 Å². The maximum absolute atomic E-state index is 12.4. The molecule has 2 rings (SSSR count). The van der Waals surface area contributed by atoms with Crippen LogP contribution in [0.2, 0.25) is 5.02 Å². The van der Waals surface area contributed by atoms with Crippen LogP contribution in [0.15, 0.2) is 42.5 Å². The molecule has 2 aromatic rings. The van der Waals surface area contributed by atoms with E-state index < -0.39 is 0 Å². The normalized spacial score (nSPS) is 9.67. The van der Waals surface area contributed by atoms with E-state index in [0.29, 0.717) is 21.8 Å². The number of anilines is 1. The largest absolute Gasteiger partial charge is 0.322 e. The van der Waals surface area contributed by atoms with E-state index in [0.717, 1.165) is 5.56 Å². The Morgan fingerprint density at radius 2 is 2.10 bits per heavy atom. The zero-order valence-electron chi connectivity index (χ0n) is 11.6. The van der Waals surface area contributed by atoms with Crippen molar-refractivity contribution in [1.29, 1.82) is 0 Å². The van der Waals surface area contributed by atoms with E-state index in [1.807, 2.05) is 19.1 Å². The average molecular weight is 299 g/mol. The Labute approximate surface area is 129 Å². The first-order valence-electron chi connectivity index (χ1n) is 6.46. The van der Waals surface area contributed by atoms with Crippen LogP contribution >= 0.6 is 11.6 Å². The van der Waals surface area contributed by atoms with Crippen LogP contribution in [0, 0.1) is 18.8 Å². The fourth-order valence-electron chi connectivity index (χ4n) is 1.87. The number of carbonyl (C=O) groups excluding carboxylic acids is 1. The molecule has 2 aromatic carbocycles. The highest BCUT2D eigenvalue weighted by atomic mass is 35.5. The van der Waals surface area contributed by atoms with Crippen molar-refractivity contribution in [3.63, 3.8) is 0 Å². The van der Waals surface area contributed by atoms with Crippen molar-refractivity contribution in [2.24, 2.45) is 5.73 Å². The number of hydrogen-bond donors (Lipinski definition) is 2. The van der Waals surface area contributed by atoms with Gasteiger partial charge in [-0.2, -0.15) is 0 Å². The van der Waals surface area contributed by atoms with E-state index >= 15 is 0 Å². The standard InChI is InChI=1S/C17H15ClN2O/c1-12-7-8-13(4-3-9-19)16(10-12)17(21)20-15-6-2-5-14(18)11-15/h2,5-8,10-11H,9,19H2,1H3,(H,20,21). The summed E-state index contributed by atoms with van der Waals surface area (Å²) < 4.78 is 0. The van der Waals surface area contributed by atoms with Crippen molar-refractivity contribution >= 4 is 23.2 Å². The summed E-state index contributed by atoms with van der Waals surface area (Å²) in [6, 6.07) is 12.6. The molecule has 0 unspecified atom stereocenters. The minimum Gasteiger partial charge on any atom is -0.322 e. The number of rotatable bonds is 2. The summed E-state index contributed by atoms with van der Waals surface area (Å²) in [4.78, 5) is 12.4. The first kappa shape index (κ1) is 15.1. The Hall–Kier alpha value is -2.28. The van der Waals surface area contributed by atoms with Crippen LogP contribution in [0.1, 0.15) is 21.5 Å². The molecule has 106 valence electrons. The minimum atomic E-state index is -0.220. The minimum absolute atomic E-state index is 0.220. The third-order valence-corrected chi connectivity index (χ3v) is 3.06. The lowest BCUT2D eigenvalue weighted by Gasteiger charge is -2.08. The average Bonchev–Trinajstić information content (AvgIpc) is 2.46. The van der Waals surface area contributed by atoms with Gasteiger partial charge in [-0.1, -0.05) is 41.1 Å². The predicted molar refractivity (Wildman–Crippen MR) is 86.5 cm³/mol. The van der Waals surface area contributed by atoms with E-state index in [-0.39, 0.29) is 12.5 Å². The summed E-state index contributed by atoms with van der Waals surface area (Å²) in [6.45, 7) is 2.18. The molecule has 0 bridgehead atoms.